The van der Waals surface area contributed by atoms with E-state index in [2.05, 4.69) is 25.2 Å². The first kappa shape index (κ1) is 14.6. The summed E-state index contributed by atoms with van der Waals surface area (Å²) in [6.45, 7) is 4.50. The maximum Gasteiger partial charge on any atom is 0.295 e. The summed E-state index contributed by atoms with van der Waals surface area (Å²) in [5, 5.41) is 11.3. The lowest BCUT2D eigenvalue weighted by atomic mass is 10.1. The summed E-state index contributed by atoms with van der Waals surface area (Å²) >= 11 is 0. The van der Waals surface area contributed by atoms with E-state index in [-0.39, 0.29) is 5.56 Å². The molecule has 22 heavy (non-hydrogen) atoms. The van der Waals surface area contributed by atoms with Crippen LogP contribution in [0.15, 0.2) is 39.5 Å². The molecule has 0 radical (unpaired) electrons. The second-order valence-electron chi connectivity index (χ2n) is 5.55. The summed E-state index contributed by atoms with van der Waals surface area (Å²) < 4.78 is 1.61. The highest BCUT2D eigenvalue weighted by Gasteiger charge is 2.15. The Morgan fingerprint density at radius 3 is 2.82 bits per heavy atom. The number of piperidine rings is 1. The minimum atomic E-state index is -0.129. The molecule has 1 saturated heterocycles. The van der Waals surface area contributed by atoms with Gasteiger partial charge in [0, 0.05) is 6.20 Å². The van der Waals surface area contributed by atoms with Crippen molar-refractivity contribution in [3.8, 4) is 0 Å². The highest BCUT2D eigenvalue weighted by Crippen LogP contribution is 2.17. The van der Waals surface area contributed by atoms with Crippen LogP contribution in [-0.4, -0.2) is 32.8 Å². The fraction of sp³-hybridized carbons (Fsp3) is 0.467. The smallest absolute Gasteiger partial charge is 0.295 e. The Kier molecular flexibility index (Phi) is 4.43. The van der Waals surface area contributed by atoms with Crippen LogP contribution in [0.5, 0.6) is 0 Å². The van der Waals surface area contributed by atoms with Gasteiger partial charge in [-0.25, -0.2) is 4.68 Å². The van der Waals surface area contributed by atoms with Crippen LogP contribution >= 0.6 is 0 Å². The molecule has 0 aliphatic carbocycles. The molecule has 0 bridgehead atoms. The van der Waals surface area contributed by atoms with Crippen LogP contribution in [0.25, 0.3) is 0 Å². The number of rotatable bonds is 4. The fourth-order valence-corrected chi connectivity index (χ4v) is 2.63. The van der Waals surface area contributed by atoms with E-state index in [1.165, 1.54) is 19.3 Å². The van der Waals surface area contributed by atoms with Gasteiger partial charge in [-0.3, -0.25) is 19.8 Å². The predicted octanol–water partition coefficient (Wildman–Crippen LogP) is 2.74. The molecule has 2 aromatic rings. The van der Waals surface area contributed by atoms with Crippen molar-refractivity contribution in [2.24, 2.45) is 10.2 Å². The molecule has 1 N–H and O–H groups in total. The normalized spacial score (nSPS) is 16.4. The SMILES string of the molecule is Cc1[nH]n(CN2CCCCC2)c(=O)c1N=Nc1cccnc1. The van der Waals surface area contributed by atoms with Crippen LogP contribution in [0.3, 0.4) is 0 Å². The van der Waals surface area contributed by atoms with Crippen molar-refractivity contribution in [3.05, 3.63) is 40.6 Å². The Morgan fingerprint density at radius 2 is 2.09 bits per heavy atom. The summed E-state index contributed by atoms with van der Waals surface area (Å²) in [4.78, 5) is 18.7. The number of aryl methyl sites for hydroxylation is 1. The number of aromatic amines is 1. The summed E-state index contributed by atoms with van der Waals surface area (Å²) in [5.41, 5.74) is 1.59. The average Bonchev–Trinajstić information content (AvgIpc) is 2.81. The van der Waals surface area contributed by atoms with Crippen LogP contribution in [0, 0.1) is 6.92 Å². The van der Waals surface area contributed by atoms with E-state index in [0.717, 1.165) is 18.8 Å². The molecule has 0 atom stereocenters. The monoisotopic (exact) mass is 300 g/mol. The van der Waals surface area contributed by atoms with E-state index in [4.69, 9.17) is 0 Å². The van der Waals surface area contributed by atoms with Crippen LogP contribution in [0.2, 0.25) is 0 Å². The number of likely N-dealkylation sites (tertiary alicyclic amines) is 1. The molecule has 1 aliphatic heterocycles. The molecule has 1 fully saturated rings. The summed E-state index contributed by atoms with van der Waals surface area (Å²) in [6.07, 6.45) is 6.95. The van der Waals surface area contributed by atoms with Crippen molar-refractivity contribution in [2.45, 2.75) is 32.9 Å². The molecule has 2 aromatic heterocycles. The maximum atomic E-state index is 12.4. The third kappa shape index (κ3) is 3.30. The quantitative estimate of drug-likeness (QED) is 0.882. The first-order chi connectivity index (χ1) is 10.7. The first-order valence-corrected chi connectivity index (χ1v) is 7.57. The summed E-state index contributed by atoms with van der Waals surface area (Å²) in [5.74, 6) is 0. The number of pyridine rings is 1. The highest BCUT2D eigenvalue weighted by molar-refractivity contribution is 5.40. The Labute approximate surface area is 128 Å². The van der Waals surface area contributed by atoms with E-state index < -0.39 is 0 Å². The van der Waals surface area contributed by atoms with Gasteiger partial charge in [-0.15, -0.1) is 10.2 Å². The third-order valence-corrected chi connectivity index (χ3v) is 3.81. The van der Waals surface area contributed by atoms with Gasteiger partial charge in [-0.1, -0.05) is 6.42 Å². The first-order valence-electron chi connectivity index (χ1n) is 7.57. The zero-order valence-electron chi connectivity index (χ0n) is 12.7. The van der Waals surface area contributed by atoms with Crippen molar-refractivity contribution >= 4 is 11.4 Å². The number of hydrogen-bond donors (Lipinski definition) is 1. The Bertz CT molecular complexity index is 697. The molecular weight excluding hydrogens is 280 g/mol. The topological polar surface area (TPSA) is 78.6 Å². The average molecular weight is 300 g/mol. The van der Waals surface area contributed by atoms with Crippen molar-refractivity contribution < 1.29 is 0 Å². The number of azo groups is 1. The van der Waals surface area contributed by atoms with E-state index >= 15 is 0 Å². The number of nitrogens with zero attached hydrogens (tertiary/aromatic N) is 5. The van der Waals surface area contributed by atoms with Gasteiger partial charge in [0.05, 0.1) is 18.6 Å². The summed E-state index contributed by atoms with van der Waals surface area (Å²) in [6, 6.07) is 3.58. The van der Waals surface area contributed by atoms with Gasteiger partial charge in [0.15, 0.2) is 5.69 Å². The molecule has 0 spiro atoms. The number of H-pyrrole nitrogens is 1. The van der Waals surface area contributed by atoms with Gasteiger partial charge in [-0.2, -0.15) is 0 Å². The molecule has 0 unspecified atom stereocenters. The standard InChI is InChI=1S/C15H20N6O/c1-12-14(18-17-13-6-5-7-16-10-13)15(22)21(19-12)11-20-8-3-2-4-9-20/h5-7,10,19H,2-4,8-9,11H2,1H3. The van der Waals surface area contributed by atoms with Crippen molar-refractivity contribution in [2.75, 3.05) is 13.1 Å². The zero-order chi connectivity index (χ0) is 15.4. The van der Waals surface area contributed by atoms with Crippen molar-refractivity contribution in [1.82, 2.24) is 19.7 Å². The lowest BCUT2D eigenvalue weighted by molar-refractivity contribution is 0.171. The van der Waals surface area contributed by atoms with Crippen molar-refractivity contribution in [1.29, 1.82) is 0 Å². The van der Waals surface area contributed by atoms with Crippen molar-refractivity contribution in [3.63, 3.8) is 0 Å². The van der Waals surface area contributed by atoms with Gasteiger partial charge in [0.2, 0.25) is 0 Å². The molecule has 0 aromatic carbocycles. The van der Waals surface area contributed by atoms with Crippen LogP contribution < -0.4 is 5.56 Å². The lowest BCUT2D eigenvalue weighted by Gasteiger charge is -2.25. The van der Waals surface area contributed by atoms with Gasteiger partial charge in [-0.05, 0) is 45.0 Å². The van der Waals surface area contributed by atoms with Crippen LogP contribution in [0.4, 0.5) is 11.4 Å². The van der Waals surface area contributed by atoms with E-state index in [0.29, 0.717) is 18.0 Å². The van der Waals surface area contributed by atoms with Gasteiger partial charge >= 0.3 is 0 Å². The number of hydrogen-bond acceptors (Lipinski definition) is 5. The molecule has 1 aliphatic rings. The fourth-order valence-electron chi connectivity index (χ4n) is 2.63. The molecule has 0 amide bonds. The molecule has 116 valence electrons. The second kappa shape index (κ2) is 6.65. The van der Waals surface area contributed by atoms with Gasteiger partial charge in [0.25, 0.3) is 5.56 Å². The molecule has 0 saturated carbocycles. The van der Waals surface area contributed by atoms with Gasteiger partial charge in [0.1, 0.15) is 5.69 Å². The molecule has 7 heteroatoms. The second-order valence-corrected chi connectivity index (χ2v) is 5.55. The zero-order valence-corrected chi connectivity index (χ0v) is 12.7. The Balaban J connectivity index is 1.78. The molecular formula is C15H20N6O. The minimum Gasteiger partial charge on any atom is -0.296 e. The summed E-state index contributed by atoms with van der Waals surface area (Å²) in [7, 11) is 0. The van der Waals surface area contributed by atoms with E-state index in [1.807, 2.05) is 6.92 Å². The Morgan fingerprint density at radius 1 is 1.27 bits per heavy atom. The third-order valence-electron chi connectivity index (χ3n) is 3.81. The van der Waals surface area contributed by atoms with E-state index in [9.17, 15) is 4.79 Å². The molecule has 3 heterocycles. The lowest BCUT2D eigenvalue weighted by Crippen LogP contribution is -2.35. The Hall–Kier alpha value is -2.28. The molecule has 3 rings (SSSR count). The largest absolute Gasteiger partial charge is 0.296 e. The van der Waals surface area contributed by atoms with Crippen LogP contribution in [-0.2, 0) is 6.67 Å². The maximum absolute atomic E-state index is 12.4. The van der Waals surface area contributed by atoms with E-state index in [1.54, 1.807) is 29.2 Å². The molecule has 7 nitrogen and oxygen atoms in total. The van der Waals surface area contributed by atoms with Gasteiger partial charge < -0.3 is 0 Å². The minimum absolute atomic E-state index is 0.129. The highest BCUT2D eigenvalue weighted by atomic mass is 16.1. The van der Waals surface area contributed by atoms with Crippen LogP contribution in [0.1, 0.15) is 25.0 Å². The number of nitrogens with one attached hydrogen (secondary N) is 1. The number of aromatic nitrogens is 3. The predicted molar refractivity (Wildman–Crippen MR) is 83.6 cm³/mol.